The lowest BCUT2D eigenvalue weighted by Gasteiger charge is -2.36. The average Bonchev–Trinajstić information content (AvgIpc) is 2.37. The molecule has 114 valence electrons. The number of nitro benzene ring substituents is 1. The van der Waals surface area contributed by atoms with Crippen LogP contribution in [0, 0.1) is 21.7 Å². The molecule has 0 spiro atoms. The fourth-order valence-electron chi connectivity index (χ4n) is 2.68. The van der Waals surface area contributed by atoms with E-state index in [1.807, 2.05) is 0 Å². The number of benzene rings is 1. The second-order valence-electron chi connectivity index (χ2n) is 4.95. The molecule has 1 aliphatic rings. The highest BCUT2D eigenvalue weighted by molar-refractivity contribution is 5.70. The van der Waals surface area contributed by atoms with E-state index in [0.29, 0.717) is 25.5 Å². The molecule has 8 heteroatoms. The Balaban J connectivity index is 2.46. The Morgan fingerprint density at radius 2 is 2.14 bits per heavy atom. The van der Waals surface area contributed by atoms with Crippen molar-refractivity contribution in [3.63, 3.8) is 0 Å². The van der Waals surface area contributed by atoms with Gasteiger partial charge < -0.3 is 10.0 Å². The van der Waals surface area contributed by atoms with E-state index in [4.69, 9.17) is 5.11 Å². The van der Waals surface area contributed by atoms with Crippen LogP contribution in [0.2, 0.25) is 0 Å². The maximum absolute atomic E-state index is 13.7. The van der Waals surface area contributed by atoms with E-state index in [1.165, 1.54) is 4.90 Å². The second kappa shape index (κ2) is 6.02. The van der Waals surface area contributed by atoms with E-state index < -0.39 is 34.3 Å². The highest BCUT2D eigenvalue weighted by Crippen LogP contribution is 2.36. The van der Waals surface area contributed by atoms with Gasteiger partial charge in [-0.2, -0.15) is 4.39 Å². The number of hydrogen-bond donors (Lipinski definition) is 1. The van der Waals surface area contributed by atoms with E-state index in [1.54, 1.807) is 0 Å². The molecule has 1 heterocycles. The van der Waals surface area contributed by atoms with E-state index in [-0.39, 0.29) is 12.1 Å². The Hall–Kier alpha value is -2.25. The first kappa shape index (κ1) is 15.1. The highest BCUT2D eigenvalue weighted by Gasteiger charge is 2.32. The fraction of sp³-hybridized carbons (Fsp3) is 0.462. The smallest absolute Gasteiger partial charge is 0.328 e. The molecule has 2 rings (SSSR count). The van der Waals surface area contributed by atoms with Crippen molar-refractivity contribution in [1.29, 1.82) is 0 Å². The number of rotatable bonds is 4. The van der Waals surface area contributed by atoms with Crippen LogP contribution in [-0.2, 0) is 4.79 Å². The van der Waals surface area contributed by atoms with Crippen LogP contribution in [0.25, 0.3) is 0 Å². The summed E-state index contributed by atoms with van der Waals surface area (Å²) >= 11 is 0. The molecule has 0 aliphatic carbocycles. The SMILES string of the molecule is O=C(O)CC1CCCCN1c1cc(F)cc(F)c1[N+](=O)[O-]. The number of carboxylic acids is 1. The number of aliphatic carboxylic acids is 1. The maximum atomic E-state index is 13.7. The Morgan fingerprint density at radius 1 is 1.43 bits per heavy atom. The number of piperidine rings is 1. The van der Waals surface area contributed by atoms with E-state index >= 15 is 0 Å². The van der Waals surface area contributed by atoms with Crippen LogP contribution in [0.15, 0.2) is 12.1 Å². The molecule has 1 fully saturated rings. The Labute approximate surface area is 119 Å². The molecule has 21 heavy (non-hydrogen) atoms. The molecule has 6 nitrogen and oxygen atoms in total. The first-order valence-electron chi connectivity index (χ1n) is 6.52. The zero-order chi connectivity index (χ0) is 15.6. The summed E-state index contributed by atoms with van der Waals surface area (Å²) in [7, 11) is 0. The average molecular weight is 300 g/mol. The van der Waals surface area contributed by atoms with Crippen molar-refractivity contribution >= 4 is 17.3 Å². The van der Waals surface area contributed by atoms with Crippen molar-refractivity contribution in [2.45, 2.75) is 31.7 Å². The van der Waals surface area contributed by atoms with Crippen LogP contribution < -0.4 is 4.90 Å². The van der Waals surface area contributed by atoms with Gasteiger partial charge in [-0.15, -0.1) is 0 Å². The zero-order valence-corrected chi connectivity index (χ0v) is 11.1. The van der Waals surface area contributed by atoms with Crippen LogP contribution in [0.1, 0.15) is 25.7 Å². The molecule has 1 unspecified atom stereocenters. The number of carboxylic acid groups (broad SMARTS) is 1. The number of carbonyl (C=O) groups is 1. The summed E-state index contributed by atoms with van der Waals surface area (Å²) < 4.78 is 27.1. The quantitative estimate of drug-likeness (QED) is 0.682. The number of anilines is 1. The van der Waals surface area contributed by atoms with Gasteiger partial charge in [0, 0.05) is 24.7 Å². The van der Waals surface area contributed by atoms with Crippen molar-refractivity contribution in [3.8, 4) is 0 Å². The summed E-state index contributed by atoms with van der Waals surface area (Å²) in [4.78, 5) is 22.4. The van der Waals surface area contributed by atoms with Gasteiger partial charge in [0.25, 0.3) is 0 Å². The van der Waals surface area contributed by atoms with Gasteiger partial charge in [0.15, 0.2) is 0 Å². The largest absolute Gasteiger partial charge is 0.481 e. The highest BCUT2D eigenvalue weighted by atomic mass is 19.1. The van der Waals surface area contributed by atoms with Crippen LogP contribution in [0.3, 0.4) is 0 Å². The van der Waals surface area contributed by atoms with Gasteiger partial charge in [-0.05, 0) is 19.3 Å². The molecule has 0 bridgehead atoms. The molecule has 1 aromatic carbocycles. The Bertz CT molecular complexity index is 580. The van der Waals surface area contributed by atoms with Crippen LogP contribution in [0.5, 0.6) is 0 Å². The summed E-state index contributed by atoms with van der Waals surface area (Å²) in [5.41, 5.74) is -1.00. The third-order valence-corrected chi connectivity index (χ3v) is 3.54. The lowest BCUT2D eigenvalue weighted by Crippen LogP contribution is -2.41. The van der Waals surface area contributed by atoms with Crippen LogP contribution >= 0.6 is 0 Å². The fourth-order valence-corrected chi connectivity index (χ4v) is 2.68. The standard InChI is InChI=1S/C13H14F2N2O4/c14-8-5-10(15)13(17(20)21)11(6-8)16-4-2-1-3-9(16)7-12(18)19/h5-6,9H,1-4,7H2,(H,18,19). The van der Waals surface area contributed by atoms with Gasteiger partial charge in [0.05, 0.1) is 11.3 Å². The predicted molar refractivity (Wildman–Crippen MR) is 70.3 cm³/mol. The maximum Gasteiger partial charge on any atom is 0.328 e. The summed E-state index contributed by atoms with van der Waals surface area (Å²) in [6.45, 7) is 0.335. The van der Waals surface area contributed by atoms with E-state index in [2.05, 4.69) is 0 Å². The van der Waals surface area contributed by atoms with Crippen molar-refractivity contribution in [2.24, 2.45) is 0 Å². The summed E-state index contributed by atoms with van der Waals surface area (Å²) in [6.07, 6.45) is 1.75. The molecule has 0 radical (unpaired) electrons. The van der Waals surface area contributed by atoms with Crippen molar-refractivity contribution < 1.29 is 23.6 Å². The third kappa shape index (κ3) is 3.26. The molecular weight excluding hydrogens is 286 g/mol. The molecule has 1 saturated heterocycles. The monoisotopic (exact) mass is 300 g/mol. The van der Waals surface area contributed by atoms with E-state index in [0.717, 1.165) is 12.5 Å². The normalized spacial score (nSPS) is 18.6. The summed E-state index contributed by atoms with van der Waals surface area (Å²) in [5, 5.41) is 19.9. The molecule has 1 aliphatic heterocycles. The first-order valence-corrected chi connectivity index (χ1v) is 6.52. The Kier molecular flexibility index (Phi) is 4.35. The van der Waals surface area contributed by atoms with Gasteiger partial charge >= 0.3 is 11.7 Å². The molecule has 0 amide bonds. The second-order valence-corrected chi connectivity index (χ2v) is 4.95. The summed E-state index contributed by atoms with van der Waals surface area (Å²) in [5.74, 6) is -3.23. The minimum absolute atomic E-state index is 0.191. The summed E-state index contributed by atoms with van der Waals surface area (Å²) in [6, 6.07) is 0.843. The lowest BCUT2D eigenvalue weighted by atomic mass is 9.98. The third-order valence-electron chi connectivity index (χ3n) is 3.54. The van der Waals surface area contributed by atoms with Crippen molar-refractivity contribution in [2.75, 3.05) is 11.4 Å². The molecule has 0 aromatic heterocycles. The van der Waals surface area contributed by atoms with Gasteiger partial charge in [-0.3, -0.25) is 14.9 Å². The number of nitro groups is 1. The number of halogens is 2. The topological polar surface area (TPSA) is 83.7 Å². The Morgan fingerprint density at radius 3 is 2.76 bits per heavy atom. The molecule has 1 atom stereocenters. The molecule has 0 saturated carbocycles. The van der Waals surface area contributed by atoms with Gasteiger partial charge in [-0.1, -0.05) is 0 Å². The number of nitrogens with zero attached hydrogens (tertiary/aromatic N) is 2. The van der Waals surface area contributed by atoms with Crippen LogP contribution in [0.4, 0.5) is 20.2 Å². The minimum Gasteiger partial charge on any atom is -0.481 e. The minimum atomic E-state index is -1.25. The van der Waals surface area contributed by atoms with Gasteiger partial charge in [-0.25, -0.2) is 4.39 Å². The zero-order valence-electron chi connectivity index (χ0n) is 11.1. The number of hydrogen-bond acceptors (Lipinski definition) is 4. The van der Waals surface area contributed by atoms with Crippen LogP contribution in [-0.4, -0.2) is 28.6 Å². The molecule has 1 aromatic rings. The lowest BCUT2D eigenvalue weighted by molar-refractivity contribution is -0.386. The van der Waals surface area contributed by atoms with Crippen molar-refractivity contribution in [1.82, 2.24) is 0 Å². The molecule has 1 N–H and O–H groups in total. The van der Waals surface area contributed by atoms with Crippen molar-refractivity contribution in [3.05, 3.63) is 33.9 Å². The first-order chi connectivity index (χ1) is 9.90. The molecular formula is C13H14F2N2O4. The van der Waals surface area contributed by atoms with Gasteiger partial charge in [0.2, 0.25) is 5.82 Å². The van der Waals surface area contributed by atoms with Gasteiger partial charge in [0.1, 0.15) is 11.5 Å². The predicted octanol–water partition coefficient (Wildman–Crippen LogP) is 2.71. The van der Waals surface area contributed by atoms with E-state index in [9.17, 15) is 23.7 Å².